The Morgan fingerprint density at radius 3 is 1.93 bits per heavy atom. The van der Waals surface area contributed by atoms with E-state index in [0.29, 0.717) is 5.92 Å². The molecule has 136 valence electrons. The summed E-state index contributed by atoms with van der Waals surface area (Å²) < 4.78 is 2.50. The van der Waals surface area contributed by atoms with Gasteiger partial charge in [0.15, 0.2) is 11.8 Å². The molecule has 0 unspecified atom stereocenters. The van der Waals surface area contributed by atoms with Gasteiger partial charge >= 0.3 is 0 Å². The zero-order valence-corrected chi connectivity index (χ0v) is 16.6. The molecule has 0 saturated carbocycles. The molecule has 7 rings (SSSR count). The normalized spacial score (nSPS) is 25.5. The third-order valence-electron chi connectivity index (χ3n) is 7.10. The second-order valence-electron chi connectivity index (χ2n) is 8.93. The highest BCUT2D eigenvalue weighted by Crippen LogP contribution is 2.60. The van der Waals surface area contributed by atoms with Crippen molar-refractivity contribution in [1.29, 1.82) is 0 Å². The van der Waals surface area contributed by atoms with Gasteiger partial charge in [0.25, 0.3) is 0 Å². The number of nitrogens with zero attached hydrogens (tertiary/aromatic N) is 1. The molecule has 0 fully saturated rings. The van der Waals surface area contributed by atoms with Crippen molar-refractivity contribution in [3.05, 3.63) is 112 Å². The highest BCUT2D eigenvalue weighted by Gasteiger charge is 2.62. The Hall–Kier alpha value is -2.93. The third-order valence-corrected chi connectivity index (χ3v) is 7.10. The first kappa shape index (κ1) is 16.1. The summed E-state index contributed by atoms with van der Waals surface area (Å²) in [6.07, 6.45) is 5.05. The molecule has 0 aromatic heterocycles. The van der Waals surface area contributed by atoms with Crippen molar-refractivity contribution in [2.45, 2.75) is 37.6 Å². The zero-order chi connectivity index (χ0) is 19.1. The van der Waals surface area contributed by atoms with E-state index in [4.69, 9.17) is 0 Å². The molecule has 0 atom stereocenters. The number of hydrogen-bond donors (Lipinski definition) is 0. The second-order valence-corrected chi connectivity index (χ2v) is 8.93. The molecule has 0 saturated heterocycles. The minimum atomic E-state index is -0.170. The number of rotatable bonds is 1. The van der Waals surface area contributed by atoms with Gasteiger partial charge in [0, 0.05) is 37.5 Å². The van der Waals surface area contributed by atoms with Gasteiger partial charge in [-0.1, -0.05) is 72.3 Å². The summed E-state index contributed by atoms with van der Waals surface area (Å²) in [6, 6.07) is 27.0. The summed E-state index contributed by atoms with van der Waals surface area (Å²) in [5, 5.41) is 0. The highest BCUT2D eigenvalue weighted by molar-refractivity contribution is 5.91. The van der Waals surface area contributed by atoms with Crippen molar-refractivity contribution in [2.75, 3.05) is 0 Å². The van der Waals surface area contributed by atoms with E-state index in [2.05, 4.69) is 110 Å². The first-order valence-electron chi connectivity index (χ1n) is 10.2. The maximum Gasteiger partial charge on any atom is 0.205 e. The molecule has 2 bridgehead atoms. The molecule has 1 aliphatic heterocycles. The Kier molecular flexibility index (Phi) is 2.93. The molecule has 0 radical (unpaired) electrons. The van der Waals surface area contributed by atoms with Gasteiger partial charge in [-0.25, -0.2) is 0 Å². The monoisotopic (exact) mass is 362 g/mol. The highest BCUT2D eigenvalue weighted by atomic mass is 15.1. The van der Waals surface area contributed by atoms with Crippen LogP contribution in [0, 0.1) is 6.92 Å². The van der Waals surface area contributed by atoms with Gasteiger partial charge in [0.2, 0.25) is 5.69 Å². The van der Waals surface area contributed by atoms with Gasteiger partial charge in [0.1, 0.15) is 5.41 Å². The van der Waals surface area contributed by atoms with E-state index < -0.39 is 0 Å². The number of allylic oxidation sites excluding steroid dienone is 1. The van der Waals surface area contributed by atoms with E-state index >= 15 is 0 Å². The fourth-order valence-corrected chi connectivity index (χ4v) is 5.82. The Bertz CT molecular complexity index is 1140. The Balaban J connectivity index is 1.72. The Morgan fingerprint density at radius 1 is 0.750 bits per heavy atom. The van der Waals surface area contributed by atoms with Gasteiger partial charge < -0.3 is 0 Å². The van der Waals surface area contributed by atoms with Crippen molar-refractivity contribution >= 4 is 11.9 Å². The van der Waals surface area contributed by atoms with Crippen LogP contribution in [0.4, 0.5) is 5.69 Å². The predicted octanol–water partition coefficient (Wildman–Crippen LogP) is 5.87. The quantitative estimate of drug-likeness (QED) is 0.376. The lowest BCUT2D eigenvalue weighted by atomic mass is 9.54. The molecular formula is C27H24N+. The number of hydrogen-bond acceptors (Lipinski definition) is 0. The number of benzene rings is 3. The van der Waals surface area contributed by atoms with Crippen LogP contribution in [0.5, 0.6) is 0 Å². The summed E-state index contributed by atoms with van der Waals surface area (Å²) in [7, 11) is 0. The van der Waals surface area contributed by atoms with Crippen LogP contribution in [0.1, 0.15) is 47.6 Å². The first-order valence-corrected chi connectivity index (χ1v) is 10.2. The van der Waals surface area contributed by atoms with Crippen LogP contribution in [-0.4, -0.2) is 16.3 Å². The van der Waals surface area contributed by atoms with Crippen molar-refractivity contribution in [3.63, 3.8) is 0 Å². The van der Waals surface area contributed by atoms with Gasteiger partial charge in [-0.2, -0.15) is 4.58 Å². The average molecular weight is 362 g/mol. The molecule has 1 heterocycles. The van der Waals surface area contributed by atoms with Gasteiger partial charge in [-0.15, -0.1) is 0 Å². The van der Waals surface area contributed by atoms with E-state index in [1.165, 1.54) is 39.1 Å². The van der Waals surface area contributed by atoms with Gasteiger partial charge in [-0.3, -0.25) is 0 Å². The molecule has 28 heavy (non-hydrogen) atoms. The molecule has 3 aromatic carbocycles. The summed E-state index contributed by atoms with van der Waals surface area (Å²) >= 11 is 0. The zero-order valence-electron chi connectivity index (χ0n) is 16.6. The lowest BCUT2D eigenvalue weighted by molar-refractivity contribution is -0.501. The maximum atomic E-state index is 2.55. The van der Waals surface area contributed by atoms with Crippen LogP contribution in [0.25, 0.3) is 0 Å². The van der Waals surface area contributed by atoms with Crippen LogP contribution in [0.2, 0.25) is 0 Å². The summed E-state index contributed by atoms with van der Waals surface area (Å²) in [5.74, 6) is 0.356. The molecule has 3 aliphatic carbocycles. The van der Waals surface area contributed by atoms with Crippen LogP contribution >= 0.6 is 0 Å². The Labute approximate surface area is 166 Å². The van der Waals surface area contributed by atoms with Crippen LogP contribution in [0.3, 0.4) is 0 Å². The smallest absolute Gasteiger partial charge is 0.192 e. The fraction of sp³-hybridized carbons (Fsp3) is 0.222. The standard InChI is InChI=1S/C27H24N/c1-18-12-14-19(15-13-18)28-17-27-23-10-6-4-8-20(23)22(16-25(27)26(28,2)3)21-9-5-7-11-24(21)27/h4-17,22H,1-3H3/q+1. The average Bonchev–Trinajstić information content (AvgIpc) is 2.97. The lowest BCUT2D eigenvalue weighted by Crippen LogP contribution is -2.43. The van der Waals surface area contributed by atoms with E-state index in [0.717, 1.165) is 0 Å². The van der Waals surface area contributed by atoms with Crippen molar-refractivity contribution < 1.29 is 4.58 Å². The minimum Gasteiger partial charge on any atom is -0.192 e. The third kappa shape index (κ3) is 1.75. The summed E-state index contributed by atoms with van der Waals surface area (Å²) in [6.45, 7) is 6.89. The second kappa shape index (κ2) is 5.11. The van der Waals surface area contributed by atoms with E-state index in [9.17, 15) is 0 Å². The van der Waals surface area contributed by atoms with Crippen LogP contribution < -0.4 is 0 Å². The topological polar surface area (TPSA) is 3.01 Å². The fourth-order valence-electron chi connectivity index (χ4n) is 5.82. The minimum absolute atomic E-state index is 0.0748. The van der Waals surface area contributed by atoms with Crippen LogP contribution in [0.15, 0.2) is 84.4 Å². The van der Waals surface area contributed by atoms with E-state index in [-0.39, 0.29) is 11.0 Å². The molecule has 1 spiro atoms. The van der Waals surface area contributed by atoms with E-state index in [1.807, 2.05) is 0 Å². The first-order chi connectivity index (χ1) is 13.5. The molecule has 4 aliphatic rings. The maximum absolute atomic E-state index is 2.55. The van der Waals surface area contributed by atoms with Crippen molar-refractivity contribution in [3.8, 4) is 0 Å². The predicted molar refractivity (Wildman–Crippen MR) is 115 cm³/mol. The molecule has 1 nitrogen and oxygen atoms in total. The summed E-state index contributed by atoms with van der Waals surface area (Å²) in [5.41, 5.74) is 9.67. The molecule has 3 aromatic rings. The molecule has 0 amide bonds. The van der Waals surface area contributed by atoms with Gasteiger partial charge in [-0.05, 0) is 29.2 Å². The number of aryl methyl sites for hydroxylation is 1. The summed E-state index contributed by atoms with van der Waals surface area (Å²) in [4.78, 5) is 0. The van der Waals surface area contributed by atoms with E-state index in [1.54, 1.807) is 0 Å². The SMILES string of the molecule is Cc1ccc([N+]2=CC34C(=CC(c5ccccc53)c3ccccc34)C2(C)C)cc1. The largest absolute Gasteiger partial charge is 0.205 e. The lowest BCUT2D eigenvalue weighted by Gasteiger charge is -2.44. The Morgan fingerprint density at radius 2 is 1.32 bits per heavy atom. The van der Waals surface area contributed by atoms with Gasteiger partial charge in [0.05, 0.1) is 0 Å². The van der Waals surface area contributed by atoms with Crippen molar-refractivity contribution in [2.24, 2.45) is 0 Å². The molecular weight excluding hydrogens is 338 g/mol. The molecule has 1 heteroatoms. The van der Waals surface area contributed by atoms with Crippen molar-refractivity contribution in [1.82, 2.24) is 0 Å². The van der Waals surface area contributed by atoms with Crippen LogP contribution in [-0.2, 0) is 5.41 Å². The molecule has 0 N–H and O–H groups in total.